The first-order chi connectivity index (χ1) is 7.84. The minimum absolute atomic E-state index is 0. The van der Waals surface area contributed by atoms with E-state index in [1.807, 2.05) is 18.2 Å². The van der Waals surface area contributed by atoms with Gasteiger partial charge in [0.15, 0.2) is 5.58 Å². The first-order valence-electron chi connectivity index (χ1n) is 5.57. The summed E-state index contributed by atoms with van der Waals surface area (Å²) >= 11 is 0. The highest BCUT2D eigenvalue weighted by molar-refractivity contribution is 5.92. The van der Waals surface area contributed by atoms with Crippen molar-refractivity contribution in [1.29, 1.82) is 0 Å². The lowest BCUT2D eigenvalue weighted by molar-refractivity contribution is 0.579. The quantitative estimate of drug-likeness (QED) is 0.762. The van der Waals surface area contributed by atoms with Gasteiger partial charge in [0.25, 0.3) is 0 Å². The van der Waals surface area contributed by atoms with Crippen LogP contribution in [0.15, 0.2) is 28.9 Å². The third kappa shape index (κ3) is 2.18. The molecule has 0 atom stereocenters. The molecule has 1 saturated heterocycles. The molecule has 1 aromatic carbocycles. The van der Waals surface area contributed by atoms with E-state index in [1.54, 1.807) is 6.26 Å². The van der Waals surface area contributed by atoms with Crippen LogP contribution in [0.25, 0.3) is 11.0 Å². The van der Waals surface area contributed by atoms with Gasteiger partial charge in [-0.25, -0.2) is 0 Å². The van der Waals surface area contributed by atoms with Crippen molar-refractivity contribution in [2.75, 3.05) is 36.8 Å². The summed E-state index contributed by atoms with van der Waals surface area (Å²) in [5.41, 5.74) is 8.75. The molecule has 5 heteroatoms. The topological polar surface area (TPSA) is 54.4 Å². The fourth-order valence-corrected chi connectivity index (χ4v) is 2.23. The summed E-state index contributed by atoms with van der Waals surface area (Å²) in [5.74, 6) is 0. The monoisotopic (exact) mass is 253 g/mol. The number of rotatable bonds is 1. The summed E-state index contributed by atoms with van der Waals surface area (Å²) in [4.78, 5) is 2.32. The number of hydrogen-bond donors (Lipinski definition) is 2. The van der Waals surface area contributed by atoms with E-state index in [-0.39, 0.29) is 12.4 Å². The van der Waals surface area contributed by atoms with Crippen molar-refractivity contribution < 1.29 is 4.42 Å². The molecular formula is C12H16ClN3O. The van der Waals surface area contributed by atoms with Gasteiger partial charge in [0, 0.05) is 37.3 Å². The van der Waals surface area contributed by atoms with Crippen LogP contribution in [0.3, 0.4) is 0 Å². The molecule has 0 bridgehead atoms. The largest absolute Gasteiger partial charge is 0.462 e. The molecule has 0 aliphatic carbocycles. The lowest BCUT2D eigenvalue weighted by Gasteiger charge is -2.29. The molecule has 92 valence electrons. The van der Waals surface area contributed by atoms with E-state index in [0.29, 0.717) is 0 Å². The zero-order valence-corrected chi connectivity index (χ0v) is 10.3. The fourth-order valence-electron chi connectivity index (χ4n) is 2.23. The van der Waals surface area contributed by atoms with Gasteiger partial charge in [0.2, 0.25) is 0 Å². The van der Waals surface area contributed by atoms with Gasteiger partial charge in [0.1, 0.15) is 0 Å². The van der Waals surface area contributed by atoms with Crippen LogP contribution < -0.4 is 16.0 Å². The molecule has 1 aliphatic heterocycles. The van der Waals surface area contributed by atoms with Crippen molar-refractivity contribution in [2.45, 2.75) is 0 Å². The molecule has 1 aromatic heterocycles. The molecule has 0 amide bonds. The number of fused-ring (bicyclic) bond motifs is 1. The van der Waals surface area contributed by atoms with E-state index < -0.39 is 0 Å². The summed E-state index contributed by atoms with van der Waals surface area (Å²) in [6.07, 6.45) is 1.72. The summed E-state index contributed by atoms with van der Waals surface area (Å²) < 4.78 is 5.54. The molecule has 1 aliphatic rings. The first kappa shape index (κ1) is 12.1. The zero-order valence-electron chi connectivity index (χ0n) is 9.48. The summed E-state index contributed by atoms with van der Waals surface area (Å²) in [5, 5.41) is 4.41. The van der Waals surface area contributed by atoms with E-state index in [9.17, 15) is 0 Å². The fraction of sp³-hybridized carbons (Fsp3) is 0.333. The van der Waals surface area contributed by atoms with Crippen LogP contribution in [0.2, 0.25) is 0 Å². The van der Waals surface area contributed by atoms with E-state index >= 15 is 0 Å². The van der Waals surface area contributed by atoms with Crippen LogP contribution in [0.1, 0.15) is 0 Å². The maximum Gasteiger partial charge on any atom is 0.157 e. The molecule has 1 fully saturated rings. The van der Waals surface area contributed by atoms with Gasteiger partial charge in [-0.05, 0) is 18.2 Å². The molecule has 0 unspecified atom stereocenters. The average Bonchev–Trinajstić information content (AvgIpc) is 2.77. The normalized spacial score (nSPS) is 15.9. The van der Waals surface area contributed by atoms with Gasteiger partial charge in [0.05, 0.1) is 12.0 Å². The lowest BCUT2D eigenvalue weighted by atomic mass is 10.2. The Balaban J connectivity index is 0.00000108. The van der Waals surface area contributed by atoms with Crippen molar-refractivity contribution >= 4 is 34.8 Å². The lowest BCUT2D eigenvalue weighted by Crippen LogP contribution is -2.43. The van der Waals surface area contributed by atoms with Gasteiger partial charge in [-0.2, -0.15) is 0 Å². The average molecular weight is 254 g/mol. The Bertz CT molecular complexity index is 505. The predicted molar refractivity (Wildman–Crippen MR) is 73.0 cm³/mol. The molecular weight excluding hydrogens is 238 g/mol. The molecule has 2 aromatic rings. The highest BCUT2D eigenvalue weighted by Crippen LogP contribution is 2.30. The summed E-state index contributed by atoms with van der Waals surface area (Å²) in [6.45, 7) is 4.02. The number of nitrogens with two attached hydrogens (primary N) is 1. The van der Waals surface area contributed by atoms with E-state index in [1.165, 1.54) is 0 Å². The molecule has 4 nitrogen and oxygen atoms in total. The van der Waals surface area contributed by atoms with Crippen LogP contribution in [0.5, 0.6) is 0 Å². The Morgan fingerprint density at radius 2 is 2.00 bits per heavy atom. The number of anilines is 2. The number of nitrogens with zero attached hydrogens (tertiary/aromatic N) is 1. The number of halogens is 1. The van der Waals surface area contributed by atoms with Crippen LogP contribution in [-0.2, 0) is 0 Å². The van der Waals surface area contributed by atoms with Crippen molar-refractivity contribution in [2.24, 2.45) is 0 Å². The number of benzene rings is 1. The van der Waals surface area contributed by atoms with Gasteiger partial charge in [-0.15, -0.1) is 12.4 Å². The van der Waals surface area contributed by atoms with Crippen molar-refractivity contribution in [3.63, 3.8) is 0 Å². The molecule has 3 N–H and O–H groups in total. The Labute approximate surface area is 106 Å². The second kappa shape index (κ2) is 4.85. The van der Waals surface area contributed by atoms with Crippen LogP contribution >= 0.6 is 12.4 Å². The van der Waals surface area contributed by atoms with Gasteiger partial charge >= 0.3 is 0 Å². The third-order valence-electron chi connectivity index (χ3n) is 3.01. The maximum atomic E-state index is 5.91. The number of piperazine rings is 1. The van der Waals surface area contributed by atoms with Crippen molar-refractivity contribution in [3.05, 3.63) is 24.5 Å². The summed E-state index contributed by atoms with van der Waals surface area (Å²) in [6, 6.07) is 5.90. The van der Waals surface area contributed by atoms with Crippen LogP contribution in [-0.4, -0.2) is 26.2 Å². The van der Waals surface area contributed by atoms with Crippen molar-refractivity contribution in [1.82, 2.24) is 5.32 Å². The second-order valence-electron chi connectivity index (χ2n) is 4.12. The van der Waals surface area contributed by atoms with Crippen molar-refractivity contribution in [3.8, 4) is 0 Å². The number of hydrogen-bond acceptors (Lipinski definition) is 4. The van der Waals surface area contributed by atoms with Gasteiger partial charge < -0.3 is 20.4 Å². The highest BCUT2D eigenvalue weighted by Gasteiger charge is 2.15. The van der Waals surface area contributed by atoms with Gasteiger partial charge in [-0.3, -0.25) is 0 Å². The standard InChI is InChI=1S/C12H15N3O.ClH/c13-10-7-9-1-6-16-12(9)11(8-10)15-4-2-14-3-5-15;/h1,6-8,14H,2-5,13H2;1H. The molecule has 0 saturated carbocycles. The minimum atomic E-state index is 0. The molecule has 0 spiro atoms. The first-order valence-corrected chi connectivity index (χ1v) is 5.57. The Hall–Kier alpha value is -1.39. The van der Waals surface area contributed by atoms with Gasteiger partial charge in [-0.1, -0.05) is 0 Å². The molecule has 17 heavy (non-hydrogen) atoms. The Morgan fingerprint density at radius 3 is 2.76 bits per heavy atom. The van der Waals surface area contributed by atoms with Crippen LogP contribution in [0.4, 0.5) is 11.4 Å². The Kier molecular flexibility index (Phi) is 3.45. The SMILES string of the molecule is Cl.Nc1cc(N2CCNCC2)c2occc2c1. The summed E-state index contributed by atoms with van der Waals surface area (Å²) in [7, 11) is 0. The second-order valence-corrected chi connectivity index (χ2v) is 4.12. The van der Waals surface area contributed by atoms with E-state index in [2.05, 4.69) is 10.2 Å². The predicted octanol–water partition coefficient (Wildman–Crippen LogP) is 1.85. The van der Waals surface area contributed by atoms with Crippen LogP contribution in [0, 0.1) is 0 Å². The minimum Gasteiger partial charge on any atom is -0.462 e. The zero-order chi connectivity index (χ0) is 11.0. The number of nitrogen functional groups attached to an aromatic ring is 1. The van der Waals surface area contributed by atoms with E-state index in [0.717, 1.165) is 48.5 Å². The number of furan rings is 1. The Morgan fingerprint density at radius 1 is 1.24 bits per heavy atom. The maximum absolute atomic E-state index is 5.91. The molecule has 2 heterocycles. The van der Waals surface area contributed by atoms with E-state index in [4.69, 9.17) is 10.2 Å². The third-order valence-corrected chi connectivity index (χ3v) is 3.01. The molecule has 0 radical (unpaired) electrons. The molecule has 3 rings (SSSR count). The smallest absolute Gasteiger partial charge is 0.157 e. The highest BCUT2D eigenvalue weighted by atomic mass is 35.5. The number of nitrogens with one attached hydrogen (secondary N) is 1.